The number of rotatable bonds is 4. The van der Waals surface area contributed by atoms with E-state index in [1.54, 1.807) is 13.8 Å². The lowest BCUT2D eigenvalue weighted by Gasteiger charge is -2.21. The van der Waals surface area contributed by atoms with Gasteiger partial charge in [-0.3, -0.25) is 0 Å². The van der Waals surface area contributed by atoms with Crippen LogP contribution in [0.25, 0.3) is 16.9 Å². The Kier molecular flexibility index (Phi) is 3.62. The van der Waals surface area contributed by atoms with Crippen molar-refractivity contribution in [2.45, 2.75) is 25.6 Å². The van der Waals surface area contributed by atoms with Gasteiger partial charge in [0.25, 0.3) is 5.78 Å². The second kappa shape index (κ2) is 5.63. The van der Waals surface area contributed by atoms with Gasteiger partial charge in [-0.05, 0) is 13.8 Å². The van der Waals surface area contributed by atoms with Crippen molar-refractivity contribution < 1.29 is 13.2 Å². The highest BCUT2D eigenvalue weighted by molar-refractivity contribution is 6.33. The van der Waals surface area contributed by atoms with Crippen molar-refractivity contribution in [3.63, 3.8) is 0 Å². The van der Waals surface area contributed by atoms with Crippen LogP contribution in [0.5, 0.6) is 0 Å². The minimum atomic E-state index is -1.12. The van der Waals surface area contributed by atoms with Crippen LogP contribution in [-0.4, -0.2) is 31.3 Å². The summed E-state index contributed by atoms with van der Waals surface area (Å²) in [5, 5.41) is 14.8. The molecule has 0 spiro atoms. The van der Waals surface area contributed by atoms with Gasteiger partial charge in [-0.2, -0.15) is 29.8 Å². The van der Waals surface area contributed by atoms with Crippen molar-refractivity contribution in [1.82, 2.24) is 19.6 Å². The Balaban J connectivity index is 1.97. The molecule has 0 radical (unpaired) electrons. The van der Waals surface area contributed by atoms with Gasteiger partial charge in [-0.25, -0.2) is 13.2 Å². The summed E-state index contributed by atoms with van der Waals surface area (Å²) < 4.78 is 43.3. The lowest BCUT2D eigenvalue weighted by atomic mass is 10.0. The van der Waals surface area contributed by atoms with Gasteiger partial charge in [0.05, 0.1) is 17.2 Å². The summed E-state index contributed by atoms with van der Waals surface area (Å²) in [5.41, 5.74) is -1.30. The maximum Gasteiger partial charge on any atom is 0.255 e. The van der Waals surface area contributed by atoms with Crippen LogP contribution in [0.15, 0.2) is 28.7 Å². The van der Waals surface area contributed by atoms with Crippen LogP contribution in [0.1, 0.15) is 13.8 Å². The first-order valence-electron chi connectivity index (χ1n) is 7.55. The summed E-state index contributed by atoms with van der Waals surface area (Å²) in [4.78, 5) is 7.94. The third-order valence-electron chi connectivity index (χ3n) is 4.23. The topological polar surface area (TPSA) is 79.8 Å². The number of nitrogens with zero attached hydrogens (tertiary/aromatic N) is 6. The molecule has 1 unspecified atom stereocenters. The van der Waals surface area contributed by atoms with E-state index in [1.165, 1.54) is 10.8 Å². The molecular formula is C15H11ClF3N7. The number of hydrogen-bond acceptors (Lipinski definition) is 6. The molecule has 4 rings (SSSR count). The lowest BCUT2D eigenvalue weighted by Crippen LogP contribution is -2.32. The average molecular weight is 382 g/mol. The van der Waals surface area contributed by atoms with Crippen LogP contribution in [0, 0.1) is 17.5 Å². The van der Waals surface area contributed by atoms with Crippen LogP contribution in [0.4, 0.5) is 19.0 Å². The number of hydrogen-bond donors (Lipinski definition) is 1. The van der Waals surface area contributed by atoms with Gasteiger partial charge in [-0.1, -0.05) is 11.6 Å². The molecule has 11 heteroatoms. The fraction of sp³-hybridized carbons (Fsp3) is 0.267. The monoisotopic (exact) mass is 381 g/mol. The molecule has 1 aliphatic heterocycles. The molecule has 1 aromatic carbocycles. The quantitative estimate of drug-likeness (QED) is 0.696. The van der Waals surface area contributed by atoms with E-state index < -0.39 is 28.7 Å². The molecule has 3 aromatic rings. The highest BCUT2D eigenvalue weighted by Gasteiger charge is 2.41. The van der Waals surface area contributed by atoms with Crippen molar-refractivity contribution >= 4 is 23.2 Å². The Hall–Kier alpha value is -2.75. The van der Waals surface area contributed by atoms with Crippen molar-refractivity contribution in [2.24, 2.45) is 10.2 Å². The highest BCUT2D eigenvalue weighted by Crippen LogP contribution is 2.40. The molecule has 0 bridgehead atoms. The van der Waals surface area contributed by atoms with E-state index in [1.807, 2.05) is 0 Å². The minimum absolute atomic E-state index is 0.101. The molecule has 0 saturated carbocycles. The first-order valence-corrected chi connectivity index (χ1v) is 7.92. The van der Waals surface area contributed by atoms with E-state index in [2.05, 4.69) is 30.6 Å². The maximum absolute atomic E-state index is 14.4. The Morgan fingerprint density at radius 1 is 1.15 bits per heavy atom. The Morgan fingerprint density at radius 3 is 2.42 bits per heavy atom. The molecule has 0 amide bonds. The zero-order valence-corrected chi connectivity index (χ0v) is 14.3. The second-order valence-corrected chi connectivity index (χ2v) is 6.36. The van der Waals surface area contributed by atoms with Crippen molar-refractivity contribution in [3.05, 3.63) is 41.1 Å². The number of benzene rings is 1. The fourth-order valence-electron chi connectivity index (χ4n) is 2.55. The normalized spacial score (nSPS) is 16.1. The van der Waals surface area contributed by atoms with Crippen molar-refractivity contribution in [2.75, 3.05) is 5.32 Å². The number of halogens is 4. The first-order chi connectivity index (χ1) is 12.3. The molecule has 2 aromatic heterocycles. The SMILES string of the molecule is CC(Nc1c(-c2c(F)cc(F)cc2F)c(Cl)nc2ncnn12)C1(C)N=N1. The number of aromatic nitrogens is 4. The van der Waals surface area contributed by atoms with E-state index >= 15 is 0 Å². The van der Waals surface area contributed by atoms with Gasteiger partial charge in [0.15, 0.2) is 0 Å². The Morgan fingerprint density at radius 2 is 1.81 bits per heavy atom. The van der Waals surface area contributed by atoms with E-state index in [0.29, 0.717) is 12.1 Å². The number of nitrogens with one attached hydrogen (secondary N) is 1. The molecule has 1 N–H and O–H groups in total. The van der Waals surface area contributed by atoms with Gasteiger partial charge >= 0.3 is 0 Å². The molecule has 1 aliphatic rings. The predicted molar refractivity (Wildman–Crippen MR) is 87.4 cm³/mol. The molecule has 0 aliphatic carbocycles. The summed E-state index contributed by atoms with van der Waals surface area (Å²) in [6, 6.07) is 0.791. The summed E-state index contributed by atoms with van der Waals surface area (Å²) in [7, 11) is 0. The summed E-state index contributed by atoms with van der Waals surface area (Å²) >= 11 is 6.19. The lowest BCUT2D eigenvalue weighted by molar-refractivity contribution is 0.547. The smallest absolute Gasteiger partial charge is 0.255 e. The van der Waals surface area contributed by atoms with Crippen molar-refractivity contribution in [1.29, 1.82) is 0 Å². The van der Waals surface area contributed by atoms with E-state index in [-0.39, 0.29) is 28.4 Å². The van der Waals surface area contributed by atoms with Crippen LogP contribution >= 0.6 is 11.6 Å². The molecule has 26 heavy (non-hydrogen) atoms. The van der Waals surface area contributed by atoms with Gasteiger partial charge in [0.1, 0.15) is 34.7 Å². The van der Waals surface area contributed by atoms with Crippen LogP contribution in [0.2, 0.25) is 5.15 Å². The van der Waals surface area contributed by atoms with Gasteiger partial charge in [0.2, 0.25) is 5.66 Å². The van der Waals surface area contributed by atoms with Crippen LogP contribution in [0.3, 0.4) is 0 Å². The third-order valence-corrected chi connectivity index (χ3v) is 4.50. The fourth-order valence-corrected chi connectivity index (χ4v) is 2.81. The van der Waals surface area contributed by atoms with Crippen LogP contribution in [-0.2, 0) is 0 Å². The third kappa shape index (κ3) is 2.57. The maximum atomic E-state index is 14.4. The molecule has 1 atom stereocenters. The summed E-state index contributed by atoms with van der Waals surface area (Å²) in [5.74, 6) is -3.00. The largest absolute Gasteiger partial charge is 0.362 e. The minimum Gasteiger partial charge on any atom is -0.362 e. The zero-order chi connectivity index (χ0) is 18.6. The van der Waals surface area contributed by atoms with E-state index in [9.17, 15) is 13.2 Å². The summed E-state index contributed by atoms with van der Waals surface area (Å²) in [6.07, 6.45) is 1.23. The second-order valence-electron chi connectivity index (χ2n) is 6.00. The van der Waals surface area contributed by atoms with Crippen LogP contribution < -0.4 is 5.32 Å². The predicted octanol–water partition coefficient (Wildman–Crippen LogP) is 3.84. The molecule has 0 saturated heterocycles. The molecule has 3 heterocycles. The van der Waals surface area contributed by atoms with Gasteiger partial charge in [-0.15, -0.1) is 0 Å². The average Bonchev–Trinajstić information content (AvgIpc) is 3.14. The first kappa shape index (κ1) is 16.7. The summed E-state index contributed by atoms with van der Waals surface area (Å²) in [6.45, 7) is 3.57. The molecule has 134 valence electrons. The number of anilines is 1. The highest BCUT2D eigenvalue weighted by atomic mass is 35.5. The molecular weight excluding hydrogens is 371 g/mol. The Labute approximate surface area is 149 Å². The van der Waals surface area contributed by atoms with E-state index in [4.69, 9.17) is 11.6 Å². The van der Waals surface area contributed by atoms with E-state index in [0.717, 1.165) is 0 Å². The molecule has 0 fully saturated rings. The van der Waals surface area contributed by atoms with Gasteiger partial charge < -0.3 is 5.32 Å². The molecule has 7 nitrogen and oxygen atoms in total. The Bertz CT molecular complexity index is 1040. The van der Waals surface area contributed by atoms with Crippen molar-refractivity contribution in [3.8, 4) is 11.1 Å². The van der Waals surface area contributed by atoms with Gasteiger partial charge in [0, 0.05) is 12.1 Å². The standard InChI is InChI=1S/C15H11ClF3N7/c1-6(15(2)24-25-15)22-13-11(10-8(18)3-7(17)4-9(10)19)12(16)23-14-20-5-21-26(13)14/h3-6,22H,1-2H3. The zero-order valence-electron chi connectivity index (χ0n) is 13.5. The number of fused-ring (bicyclic) bond motifs is 1.